The van der Waals surface area contributed by atoms with Crippen LogP contribution in [-0.4, -0.2) is 43.2 Å². The molecule has 1 heterocycles. The molecule has 3 N–H and O–H groups in total. The zero-order valence-corrected chi connectivity index (χ0v) is 16.9. The SMILES string of the molecule is CC1CNOC1C(=O)NC1C[C@H](NC(=O)COc2ccc(Cl)c(F)c2)C2CC1C2. The Morgan fingerprint density at radius 3 is 2.62 bits per heavy atom. The van der Waals surface area contributed by atoms with Gasteiger partial charge in [-0.1, -0.05) is 18.5 Å². The average Bonchev–Trinajstić information content (AvgIpc) is 3.07. The standard InChI is InChI=1S/C20H25ClFN3O4/c1-10-8-23-29-19(10)20(27)25-17-7-16(11-4-12(17)5-11)24-18(26)9-28-13-2-3-14(21)15(22)6-13/h2-3,6,10-12,16-17,19,23H,4-5,7-9H2,1H3,(H,24,26)(H,25,27)/t10?,11?,12?,16-,17?,19?/m0/s1. The van der Waals surface area contributed by atoms with Gasteiger partial charge in [-0.05, 0) is 43.2 Å². The second kappa shape index (κ2) is 8.45. The molecule has 3 aliphatic carbocycles. The van der Waals surface area contributed by atoms with Crippen molar-refractivity contribution < 1.29 is 23.6 Å². The molecule has 3 saturated carbocycles. The van der Waals surface area contributed by atoms with Gasteiger partial charge in [-0.2, -0.15) is 0 Å². The fourth-order valence-corrected chi connectivity index (χ4v) is 4.53. The van der Waals surface area contributed by atoms with E-state index in [1.54, 1.807) is 0 Å². The van der Waals surface area contributed by atoms with Gasteiger partial charge in [0.25, 0.3) is 11.8 Å². The molecule has 1 aliphatic heterocycles. The number of hydrogen-bond donors (Lipinski definition) is 3. The third-order valence-corrected chi connectivity index (χ3v) is 6.49. The summed E-state index contributed by atoms with van der Waals surface area (Å²) in [6.07, 6.45) is 2.18. The van der Waals surface area contributed by atoms with Crippen LogP contribution in [0.4, 0.5) is 4.39 Å². The first-order chi connectivity index (χ1) is 13.9. The van der Waals surface area contributed by atoms with Crippen LogP contribution in [0.15, 0.2) is 18.2 Å². The summed E-state index contributed by atoms with van der Waals surface area (Å²) >= 11 is 5.64. The predicted molar refractivity (Wildman–Crippen MR) is 104 cm³/mol. The van der Waals surface area contributed by atoms with Crippen molar-refractivity contribution in [2.75, 3.05) is 13.2 Å². The van der Waals surface area contributed by atoms with Crippen LogP contribution in [0.5, 0.6) is 5.75 Å². The van der Waals surface area contributed by atoms with Gasteiger partial charge < -0.3 is 15.4 Å². The molecule has 158 valence electrons. The molecule has 1 aromatic rings. The number of amides is 2. The largest absolute Gasteiger partial charge is 0.484 e. The summed E-state index contributed by atoms with van der Waals surface area (Å²) < 4.78 is 18.8. The maximum Gasteiger partial charge on any atom is 0.258 e. The van der Waals surface area contributed by atoms with E-state index in [0.717, 1.165) is 18.9 Å². The number of fused-ring (bicyclic) bond motifs is 2. The van der Waals surface area contributed by atoms with Crippen molar-refractivity contribution in [2.24, 2.45) is 17.8 Å². The first kappa shape index (κ1) is 20.4. The monoisotopic (exact) mass is 425 g/mol. The third kappa shape index (κ3) is 4.49. The molecule has 0 radical (unpaired) electrons. The van der Waals surface area contributed by atoms with Gasteiger partial charge in [0.15, 0.2) is 12.7 Å². The Labute approximate surface area is 173 Å². The highest BCUT2D eigenvalue weighted by Crippen LogP contribution is 2.45. The number of rotatable bonds is 6. The van der Waals surface area contributed by atoms with Crippen molar-refractivity contribution in [3.05, 3.63) is 29.0 Å². The minimum absolute atomic E-state index is 0.00446. The number of halogens is 2. The summed E-state index contributed by atoms with van der Waals surface area (Å²) in [5.41, 5.74) is 2.77. The summed E-state index contributed by atoms with van der Waals surface area (Å²) in [5.74, 6) is 0.292. The van der Waals surface area contributed by atoms with Crippen LogP contribution >= 0.6 is 11.6 Å². The fraction of sp³-hybridized carbons (Fsp3) is 0.600. The molecule has 2 amide bonds. The lowest BCUT2D eigenvalue weighted by Gasteiger charge is -2.51. The van der Waals surface area contributed by atoms with Crippen molar-refractivity contribution in [1.29, 1.82) is 0 Å². The number of hydrogen-bond acceptors (Lipinski definition) is 5. The van der Waals surface area contributed by atoms with E-state index in [1.165, 1.54) is 12.1 Å². The van der Waals surface area contributed by atoms with E-state index in [2.05, 4.69) is 16.1 Å². The van der Waals surface area contributed by atoms with Crippen LogP contribution in [0.25, 0.3) is 0 Å². The first-order valence-electron chi connectivity index (χ1n) is 9.97. The number of nitrogens with one attached hydrogen (secondary N) is 3. The molecule has 2 bridgehead atoms. The van der Waals surface area contributed by atoms with Crippen molar-refractivity contribution >= 4 is 23.4 Å². The van der Waals surface area contributed by atoms with E-state index in [4.69, 9.17) is 21.2 Å². The van der Waals surface area contributed by atoms with Gasteiger partial charge in [0.2, 0.25) is 0 Å². The van der Waals surface area contributed by atoms with Gasteiger partial charge in [-0.3, -0.25) is 14.4 Å². The molecular weight excluding hydrogens is 401 g/mol. The Bertz CT molecular complexity index is 789. The van der Waals surface area contributed by atoms with Crippen LogP contribution < -0.4 is 20.9 Å². The van der Waals surface area contributed by atoms with Crippen LogP contribution in [0.2, 0.25) is 5.02 Å². The highest BCUT2D eigenvalue weighted by Gasteiger charge is 2.47. The highest BCUT2D eigenvalue weighted by atomic mass is 35.5. The van der Waals surface area contributed by atoms with Gasteiger partial charge in [0.05, 0.1) is 5.02 Å². The van der Waals surface area contributed by atoms with E-state index < -0.39 is 11.9 Å². The van der Waals surface area contributed by atoms with E-state index in [9.17, 15) is 14.0 Å². The number of carbonyl (C=O) groups excluding carboxylic acids is 2. The Morgan fingerprint density at radius 1 is 1.24 bits per heavy atom. The Hall–Kier alpha value is -1.90. The predicted octanol–water partition coefficient (Wildman–Crippen LogP) is 1.80. The Kier molecular flexibility index (Phi) is 5.94. The topological polar surface area (TPSA) is 88.7 Å². The number of ether oxygens (including phenoxy) is 1. The van der Waals surface area contributed by atoms with Crippen molar-refractivity contribution in [2.45, 2.75) is 44.4 Å². The lowest BCUT2D eigenvalue weighted by molar-refractivity contribution is -0.137. The lowest BCUT2D eigenvalue weighted by atomic mass is 9.60. The zero-order chi connectivity index (χ0) is 20.5. The molecule has 7 nitrogen and oxygen atoms in total. The molecule has 0 spiro atoms. The Balaban J connectivity index is 1.27. The van der Waals surface area contributed by atoms with Gasteiger partial charge in [0, 0.05) is 30.6 Å². The van der Waals surface area contributed by atoms with Crippen molar-refractivity contribution in [3.63, 3.8) is 0 Å². The molecule has 4 atom stereocenters. The quantitative estimate of drug-likeness (QED) is 0.646. The molecule has 1 aromatic carbocycles. The average molecular weight is 426 g/mol. The molecule has 1 saturated heterocycles. The maximum absolute atomic E-state index is 13.5. The summed E-state index contributed by atoms with van der Waals surface area (Å²) in [6, 6.07) is 4.07. The second-order valence-electron chi connectivity index (χ2n) is 8.25. The number of benzene rings is 1. The fourth-order valence-electron chi connectivity index (χ4n) is 4.41. The first-order valence-corrected chi connectivity index (χ1v) is 10.3. The van der Waals surface area contributed by atoms with E-state index in [-0.39, 0.29) is 47.2 Å². The van der Waals surface area contributed by atoms with Crippen LogP contribution in [-0.2, 0) is 14.4 Å². The molecule has 4 fully saturated rings. The minimum Gasteiger partial charge on any atom is -0.484 e. The normalized spacial score (nSPS) is 32.9. The van der Waals surface area contributed by atoms with E-state index in [1.807, 2.05) is 6.92 Å². The van der Waals surface area contributed by atoms with Gasteiger partial charge in [-0.15, -0.1) is 0 Å². The van der Waals surface area contributed by atoms with Gasteiger partial charge >= 0.3 is 0 Å². The van der Waals surface area contributed by atoms with E-state index in [0.29, 0.717) is 24.8 Å². The zero-order valence-electron chi connectivity index (χ0n) is 16.1. The number of carbonyl (C=O) groups is 2. The summed E-state index contributed by atoms with van der Waals surface area (Å²) in [6.45, 7) is 2.42. The highest BCUT2D eigenvalue weighted by molar-refractivity contribution is 6.30. The van der Waals surface area contributed by atoms with E-state index >= 15 is 0 Å². The van der Waals surface area contributed by atoms with Crippen molar-refractivity contribution in [1.82, 2.24) is 16.1 Å². The second-order valence-corrected chi connectivity index (χ2v) is 8.65. The number of hydroxylamine groups is 1. The maximum atomic E-state index is 13.5. The summed E-state index contributed by atoms with van der Waals surface area (Å²) in [5, 5.41) is 6.12. The van der Waals surface area contributed by atoms with Gasteiger partial charge in [0.1, 0.15) is 11.6 Å². The molecule has 29 heavy (non-hydrogen) atoms. The molecule has 3 unspecified atom stereocenters. The van der Waals surface area contributed by atoms with Gasteiger partial charge in [-0.25, -0.2) is 9.87 Å². The molecule has 5 rings (SSSR count). The molecule has 0 aromatic heterocycles. The summed E-state index contributed by atoms with van der Waals surface area (Å²) in [4.78, 5) is 30.1. The van der Waals surface area contributed by atoms with Crippen LogP contribution in [0.1, 0.15) is 26.2 Å². The van der Waals surface area contributed by atoms with Crippen LogP contribution in [0, 0.1) is 23.6 Å². The molecular formula is C20H25ClFN3O4. The van der Waals surface area contributed by atoms with Crippen molar-refractivity contribution in [3.8, 4) is 5.75 Å². The van der Waals surface area contributed by atoms with Crippen LogP contribution in [0.3, 0.4) is 0 Å². The third-order valence-electron chi connectivity index (χ3n) is 6.18. The molecule has 9 heteroatoms. The minimum atomic E-state index is -0.591. The Morgan fingerprint density at radius 2 is 1.97 bits per heavy atom. The lowest BCUT2D eigenvalue weighted by Crippen LogP contribution is -2.61. The smallest absolute Gasteiger partial charge is 0.258 e. The molecule has 4 aliphatic rings. The summed E-state index contributed by atoms with van der Waals surface area (Å²) in [7, 11) is 0.